The number of aromatic nitrogens is 2. The highest BCUT2D eigenvalue weighted by Crippen LogP contribution is 2.28. The minimum Gasteiger partial charge on any atom is -0.368 e. The third-order valence-corrected chi connectivity index (χ3v) is 2.85. The van der Waals surface area contributed by atoms with Crippen LogP contribution in [0.5, 0.6) is 0 Å². The van der Waals surface area contributed by atoms with Gasteiger partial charge in [-0.15, -0.1) is 0 Å². The van der Waals surface area contributed by atoms with Crippen molar-refractivity contribution in [2.45, 2.75) is 52.1 Å². The highest BCUT2D eigenvalue weighted by atomic mass is 15.4. The Hall–Kier alpha value is -0.990. The number of nitrogens with zero attached hydrogens (tertiary/aromatic N) is 2. The minimum atomic E-state index is 0.511. The molecule has 0 saturated heterocycles. The van der Waals surface area contributed by atoms with Gasteiger partial charge in [0.25, 0.3) is 0 Å². The number of hydrogen-bond acceptors (Lipinski definition) is 2. The highest BCUT2D eigenvalue weighted by Gasteiger charge is 2.22. The predicted molar refractivity (Wildman–Crippen MR) is 58.7 cm³/mol. The summed E-state index contributed by atoms with van der Waals surface area (Å²) >= 11 is 0. The van der Waals surface area contributed by atoms with Gasteiger partial charge in [-0.1, -0.05) is 13.8 Å². The van der Waals surface area contributed by atoms with Crippen molar-refractivity contribution in [3.8, 4) is 0 Å². The second-order valence-electron chi connectivity index (χ2n) is 4.68. The lowest BCUT2D eigenvalue weighted by atomic mass is 10.1. The Morgan fingerprint density at radius 1 is 1.50 bits per heavy atom. The Morgan fingerprint density at radius 3 is 2.86 bits per heavy atom. The molecular weight excluding hydrogens is 174 g/mol. The SMILES string of the molecule is CC1CC(C)n2nc(C(C)C)cc2N1. The van der Waals surface area contributed by atoms with Crippen LogP contribution in [-0.2, 0) is 0 Å². The summed E-state index contributed by atoms with van der Waals surface area (Å²) in [6, 6.07) is 3.26. The van der Waals surface area contributed by atoms with Crippen LogP contribution in [0.15, 0.2) is 6.07 Å². The molecule has 1 aliphatic rings. The molecule has 2 heterocycles. The first-order valence-electron chi connectivity index (χ1n) is 5.44. The van der Waals surface area contributed by atoms with Gasteiger partial charge < -0.3 is 5.32 Å². The van der Waals surface area contributed by atoms with Gasteiger partial charge in [0.05, 0.1) is 11.7 Å². The molecule has 1 aromatic rings. The van der Waals surface area contributed by atoms with E-state index in [2.05, 4.69) is 48.9 Å². The summed E-state index contributed by atoms with van der Waals surface area (Å²) < 4.78 is 2.12. The summed E-state index contributed by atoms with van der Waals surface area (Å²) in [6.07, 6.45) is 1.16. The Bertz CT molecular complexity index is 327. The molecule has 3 nitrogen and oxygen atoms in total. The highest BCUT2D eigenvalue weighted by molar-refractivity contribution is 5.41. The molecule has 0 aliphatic carbocycles. The van der Waals surface area contributed by atoms with Gasteiger partial charge in [0.2, 0.25) is 0 Å². The fourth-order valence-corrected chi connectivity index (χ4v) is 2.06. The van der Waals surface area contributed by atoms with Crippen molar-refractivity contribution in [2.75, 3.05) is 5.32 Å². The fraction of sp³-hybridized carbons (Fsp3) is 0.727. The first-order valence-corrected chi connectivity index (χ1v) is 5.44. The maximum absolute atomic E-state index is 4.62. The number of rotatable bonds is 1. The summed E-state index contributed by atoms with van der Waals surface area (Å²) in [6.45, 7) is 8.82. The molecule has 14 heavy (non-hydrogen) atoms. The van der Waals surface area contributed by atoms with Crippen molar-refractivity contribution >= 4 is 5.82 Å². The molecule has 1 aliphatic heterocycles. The van der Waals surface area contributed by atoms with Gasteiger partial charge in [-0.2, -0.15) is 5.10 Å². The first-order chi connectivity index (χ1) is 6.58. The molecule has 2 atom stereocenters. The summed E-state index contributed by atoms with van der Waals surface area (Å²) in [5, 5.41) is 8.09. The number of nitrogens with one attached hydrogen (secondary N) is 1. The fourth-order valence-electron chi connectivity index (χ4n) is 2.06. The first kappa shape index (κ1) is 9.56. The predicted octanol–water partition coefficient (Wildman–Crippen LogP) is 2.77. The Labute approximate surface area is 85.5 Å². The van der Waals surface area contributed by atoms with E-state index in [1.54, 1.807) is 0 Å². The lowest BCUT2D eigenvalue weighted by Gasteiger charge is -2.27. The number of hydrogen-bond donors (Lipinski definition) is 1. The van der Waals surface area contributed by atoms with Crippen molar-refractivity contribution < 1.29 is 0 Å². The maximum atomic E-state index is 4.62. The molecular formula is C11H19N3. The molecule has 3 heteroatoms. The van der Waals surface area contributed by atoms with Crippen LogP contribution in [0.1, 0.15) is 51.8 Å². The molecule has 1 aromatic heterocycles. The van der Waals surface area contributed by atoms with E-state index in [1.807, 2.05) is 0 Å². The average molecular weight is 193 g/mol. The van der Waals surface area contributed by atoms with Crippen LogP contribution in [0.2, 0.25) is 0 Å². The van der Waals surface area contributed by atoms with Crippen molar-refractivity contribution in [1.82, 2.24) is 9.78 Å². The lowest BCUT2D eigenvalue weighted by Crippen LogP contribution is -2.28. The summed E-state index contributed by atoms with van der Waals surface area (Å²) in [7, 11) is 0. The van der Waals surface area contributed by atoms with Crippen LogP contribution in [0.4, 0.5) is 5.82 Å². The smallest absolute Gasteiger partial charge is 0.125 e. The van der Waals surface area contributed by atoms with E-state index >= 15 is 0 Å². The topological polar surface area (TPSA) is 29.9 Å². The molecule has 0 aromatic carbocycles. The van der Waals surface area contributed by atoms with Gasteiger partial charge in [0.1, 0.15) is 5.82 Å². The van der Waals surface area contributed by atoms with Gasteiger partial charge in [0, 0.05) is 12.1 Å². The molecule has 0 amide bonds. The second-order valence-corrected chi connectivity index (χ2v) is 4.68. The standard InChI is InChI=1S/C11H19N3/c1-7(2)10-6-11-12-8(3)5-9(4)14(11)13-10/h6-9,12H,5H2,1-4H3. The van der Waals surface area contributed by atoms with Crippen LogP contribution in [-0.4, -0.2) is 15.8 Å². The van der Waals surface area contributed by atoms with Gasteiger partial charge in [-0.3, -0.25) is 0 Å². The zero-order valence-corrected chi connectivity index (χ0v) is 9.41. The third kappa shape index (κ3) is 1.51. The van der Waals surface area contributed by atoms with E-state index in [1.165, 1.54) is 11.5 Å². The molecule has 78 valence electrons. The number of fused-ring (bicyclic) bond motifs is 1. The van der Waals surface area contributed by atoms with Crippen LogP contribution >= 0.6 is 0 Å². The zero-order chi connectivity index (χ0) is 10.3. The summed E-state index contributed by atoms with van der Waals surface area (Å²) in [5.74, 6) is 1.69. The molecule has 2 rings (SSSR count). The summed E-state index contributed by atoms with van der Waals surface area (Å²) in [4.78, 5) is 0. The lowest BCUT2D eigenvalue weighted by molar-refractivity contribution is 0.410. The monoisotopic (exact) mass is 193 g/mol. The molecule has 0 saturated carbocycles. The van der Waals surface area contributed by atoms with Crippen LogP contribution in [0.3, 0.4) is 0 Å². The molecule has 0 fully saturated rings. The van der Waals surface area contributed by atoms with E-state index in [4.69, 9.17) is 0 Å². The summed E-state index contributed by atoms with van der Waals surface area (Å²) in [5.41, 5.74) is 1.19. The Kier molecular flexibility index (Phi) is 2.25. The largest absolute Gasteiger partial charge is 0.368 e. The van der Waals surface area contributed by atoms with E-state index in [-0.39, 0.29) is 0 Å². The van der Waals surface area contributed by atoms with Crippen molar-refractivity contribution in [3.63, 3.8) is 0 Å². The molecule has 2 unspecified atom stereocenters. The van der Waals surface area contributed by atoms with Crippen molar-refractivity contribution in [2.24, 2.45) is 0 Å². The molecule has 1 N–H and O–H groups in total. The molecule has 0 bridgehead atoms. The average Bonchev–Trinajstić information content (AvgIpc) is 2.47. The van der Waals surface area contributed by atoms with Crippen LogP contribution in [0, 0.1) is 0 Å². The Balaban J connectivity index is 2.35. The maximum Gasteiger partial charge on any atom is 0.125 e. The number of anilines is 1. The second kappa shape index (κ2) is 3.30. The minimum absolute atomic E-state index is 0.511. The van der Waals surface area contributed by atoms with E-state index in [9.17, 15) is 0 Å². The molecule has 0 spiro atoms. The van der Waals surface area contributed by atoms with Gasteiger partial charge in [-0.05, 0) is 26.2 Å². The van der Waals surface area contributed by atoms with Gasteiger partial charge >= 0.3 is 0 Å². The normalized spacial score (nSPS) is 26.1. The van der Waals surface area contributed by atoms with Crippen LogP contribution in [0.25, 0.3) is 0 Å². The van der Waals surface area contributed by atoms with Gasteiger partial charge in [0.15, 0.2) is 0 Å². The third-order valence-electron chi connectivity index (χ3n) is 2.85. The Morgan fingerprint density at radius 2 is 2.21 bits per heavy atom. The van der Waals surface area contributed by atoms with E-state index in [0.29, 0.717) is 18.0 Å². The quantitative estimate of drug-likeness (QED) is 0.743. The van der Waals surface area contributed by atoms with Gasteiger partial charge in [-0.25, -0.2) is 4.68 Å². The van der Waals surface area contributed by atoms with E-state index in [0.717, 1.165) is 6.42 Å². The zero-order valence-electron chi connectivity index (χ0n) is 9.41. The van der Waals surface area contributed by atoms with Crippen molar-refractivity contribution in [3.05, 3.63) is 11.8 Å². The van der Waals surface area contributed by atoms with E-state index < -0.39 is 0 Å². The molecule has 0 radical (unpaired) electrons. The van der Waals surface area contributed by atoms with Crippen LogP contribution < -0.4 is 5.32 Å². The van der Waals surface area contributed by atoms with Crippen molar-refractivity contribution in [1.29, 1.82) is 0 Å².